The van der Waals surface area contributed by atoms with Crippen LogP contribution in [-0.4, -0.2) is 66.9 Å². The number of nitrogens with two attached hydrogens (primary N) is 1. The minimum atomic E-state index is -1.15. The van der Waals surface area contributed by atoms with Crippen molar-refractivity contribution in [1.82, 2.24) is 29.7 Å². The second-order valence-electron chi connectivity index (χ2n) is 9.78. The number of ether oxygens (including phenoxy) is 2. The van der Waals surface area contributed by atoms with Crippen LogP contribution >= 0.6 is 27.7 Å². The Bertz CT molecular complexity index is 1370. The molecule has 1 aromatic carbocycles. The molecule has 0 radical (unpaired) electrons. The number of carboxylic acid groups (broad SMARTS) is 1. The first-order valence-electron chi connectivity index (χ1n) is 12.4. The zero-order valence-corrected chi connectivity index (χ0v) is 22.8. The van der Waals surface area contributed by atoms with Gasteiger partial charge in [-0.2, -0.15) is 0 Å². The van der Waals surface area contributed by atoms with Crippen LogP contribution in [0.3, 0.4) is 0 Å². The first kappa shape index (κ1) is 25.0. The fraction of sp³-hybridized carbons (Fsp3) is 0.458. The number of benzene rings is 1. The first-order chi connectivity index (χ1) is 18.3. The Morgan fingerprint density at radius 2 is 1.95 bits per heavy atom. The summed E-state index contributed by atoms with van der Waals surface area (Å²) in [5.41, 5.74) is 5.79. The van der Waals surface area contributed by atoms with E-state index in [1.165, 1.54) is 11.8 Å². The van der Waals surface area contributed by atoms with E-state index < -0.39 is 11.6 Å². The van der Waals surface area contributed by atoms with Crippen LogP contribution in [0.4, 0.5) is 10.6 Å². The maximum atomic E-state index is 12.8. The number of nitrogen functional groups attached to an aromatic ring is 1. The summed E-state index contributed by atoms with van der Waals surface area (Å²) in [6.07, 6.45) is 4.33. The SMILES string of the molecule is Nc1ncn(CCC2CCN(C(=O)C3(NC(=O)O)CC3)CC2)c2nc(Sc3cc4c(cc3Br)OCO4)nc1-2. The number of fused-ring (bicyclic) bond motifs is 2. The van der Waals surface area contributed by atoms with Crippen molar-refractivity contribution in [3.63, 3.8) is 0 Å². The van der Waals surface area contributed by atoms with Crippen molar-refractivity contribution in [3.8, 4) is 23.0 Å². The minimum absolute atomic E-state index is 0.0941. The number of halogens is 1. The van der Waals surface area contributed by atoms with Gasteiger partial charge in [0.1, 0.15) is 5.54 Å². The predicted molar refractivity (Wildman–Crippen MR) is 140 cm³/mol. The number of carbonyl (C=O) groups excluding carboxylic acids is 1. The third kappa shape index (κ3) is 4.82. The van der Waals surface area contributed by atoms with Crippen LogP contribution in [0, 0.1) is 5.92 Å². The molecule has 4 aliphatic heterocycles. The first-order valence-corrected chi connectivity index (χ1v) is 14.0. The van der Waals surface area contributed by atoms with Crippen LogP contribution in [0.1, 0.15) is 32.1 Å². The van der Waals surface area contributed by atoms with Gasteiger partial charge in [0.05, 0.1) is 6.33 Å². The summed E-state index contributed by atoms with van der Waals surface area (Å²) in [5, 5.41) is 12.0. The van der Waals surface area contributed by atoms with Crippen molar-refractivity contribution in [1.29, 1.82) is 0 Å². The fourth-order valence-corrected chi connectivity index (χ4v) is 6.34. The number of nitrogens with one attached hydrogen (secondary N) is 1. The Kier molecular flexibility index (Phi) is 6.46. The number of hydrogen-bond acceptors (Lipinski definition) is 9. The van der Waals surface area contributed by atoms with Crippen molar-refractivity contribution >= 4 is 45.5 Å². The summed E-state index contributed by atoms with van der Waals surface area (Å²) < 4.78 is 13.8. The monoisotopic (exact) mass is 603 g/mol. The number of aryl methyl sites for hydroxylation is 1. The molecule has 1 saturated carbocycles. The van der Waals surface area contributed by atoms with E-state index in [-0.39, 0.29) is 12.7 Å². The van der Waals surface area contributed by atoms with E-state index in [0.717, 1.165) is 28.6 Å². The zero-order valence-electron chi connectivity index (χ0n) is 20.4. The average Bonchev–Trinajstić information content (AvgIpc) is 3.30. The fourth-order valence-electron chi connectivity index (χ4n) is 4.99. The van der Waals surface area contributed by atoms with Crippen molar-refractivity contribution in [3.05, 3.63) is 22.9 Å². The number of rotatable bonds is 7. The zero-order chi connectivity index (χ0) is 26.4. The van der Waals surface area contributed by atoms with Gasteiger partial charge in [0.2, 0.25) is 12.7 Å². The molecule has 4 heterocycles. The third-order valence-electron chi connectivity index (χ3n) is 7.29. The molecule has 0 spiro atoms. The molecule has 0 atom stereocenters. The summed E-state index contributed by atoms with van der Waals surface area (Å²) >= 11 is 4.98. The lowest BCUT2D eigenvalue weighted by Crippen LogP contribution is -2.52. The Labute approximate surface area is 230 Å². The summed E-state index contributed by atoms with van der Waals surface area (Å²) in [6.45, 7) is 2.16. The molecule has 12 nitrogen and oxygen atoms in total. The summed E-state index contributed by atoms with van der Waals surface area (Å²) in [7, 11) is 0. The Balaban J connectivity index is 1.10. The molecule has 1 aliphatic carbocycles. The van der Waals surface area contributed by atoms with E-state index in [1.807, 2.05) is 16.7 Å². The van der Waals surface area contributed by atoms with Crippen LogP contribution in [-0.2, 0) is 11.3 Å². The van der Waals surface area contributed by atoms with E-state index in [1.54, 1.807) is 11.2 Å². The highest BCUT2D eigenvalue weighted by Crippen LogP contribution is 2.43. The number of nitrogens with zero attached hydrogens (tertiary/aromatic N) is 5. The summed E-state index contributed by atoms with van der Waals surface area (Å²) in [4.78, 5) is 40.3. The molecular formula is C24H26BrN7O5S. The Morgan fingerprint density at radius 3 is 2.66 bits per heavy atom. The number of amides is 2. The average molecular weight is 604 g/mol. The second kappa shape index (κ2) is 9.80. The topological polar surface area (TPSA) is 158 Å². The molecular weight excluding hydrogens is 578 g/mol. The lowest BCUT2D eigenvalue weighted by Gasteiger charge is -2.34. The van der Waals surface area contributed by atoms with Gasteiger partial charge in [0.15, 0.2) is 34.0 Å². The summed E-state index contributed by atoms with van der Waals surface area (Å²) in [6, 6.07) is 3.77. The van der Waals surface area contributed by atoms with E-state index in [2.05, 4.69) is 31.2 Å². The van der Waals surface area contributed by atoms with Gasteiger partial charge < -0.3 is 35.1 Å². The maximum absolute atomic E-state index is 12.8. The molecule has 0 bridgehead atoms. The second-order valence-corrected chi connectivity index (χ2v) is 11.6. The molecule has 2 amide bonds. The lowest BCUT2D eigenvalue weighted by atomic mass is 9.93. The van der Waals surface area contributed by atoms with Gasteiger partial charge in [-0.05, 0) is 77.8 Å². The van der Waals surface area contributed by atoms with E-state index in [0.29, 0.717) is 72.4 Å². The maximum Gasteiger partial charge on any atom is 0.405 e. The van der Waals surface area contributed by atoms with Gasteiger partial charge in [-0.25, -0.2) is 19.7 Å². The highest BCUT2D eigenvalue weighted by molar-refractivity contribution is 9.10. The molecule has 6 rings (SSSR count). The standard InChI is InChI=1S/C24H26BrN7O5S/c25-14-9-15-16(37-12-36-15)10-17(14)38-22-28-18-19(26)27-11-32(20(18)29-22)8-3-13-1-6-31(7-2-13)21(33)24(4-5-24)30-23(34)35/h9-11,13,30H,1-8,12,26H2,(H,34,35). The van der Waals surface area contributed by atoms with E-state index in [4.69, 9.17) is 25.3 Å². The number of anilines is 1. The number of carbonyl (C=O) groups is 2. The van der Waals surface area contributed by atoms with E-state index in [9.17, 15) is 9.59 Å². The molecule has 1 aromatic rings. The highest BCUT2D eigenvalue weighted by atomic mass is 79.9. The third-order valence-corrected chi connectivity index (χ3v) is 9.13. The van der Waals surface area contributed by atoms with Crippen molar-refractivity contribution in [2.45, 2.75) is 54.2 Å². The van der Waals surface area contributed by atoms with Crippen LogP contribution in [0.5, 0.6) is 11.5 Å². The summed E-state index contributed by atoms with van der Waals surface area (Å²) in [5.74, 6) is 2.73. The molecule has 200 valence electrons. The smallest absolute Gasteiger partial charge is 0.405 e. The molecule has 2 fully saturated rings. The molecule has 1 saturated heterocycles. The molecule has 4 N–H and O–H groups in total. The Hall–Kier alpha value is -3.26. The Morgan fingerprint density at radius 1 is 1.21 bits per heavy atom. The highest BCUT2D eigenvalue weighted by Gasteiger charge is 2.53. The van der Waals surface area contributed by atoms with Gasteiger partial charge >= 0.3 is 6.09 Å². The lowest BCUT2D eigenvalue weighted by molar-refractivity contribution is -0.135. The van der Waals surface area contributed by atoms with Crippen molar-refractivity contribution in [2.24, 2.45) is 5.92 Å². The molecule has 0 unspecified atom stereocenters. The minimum Gasteiger partial charge on any atom is -0.465 e. The normalized spacial score (nSPS) is 18.1. The molecule has 5 aliphatic rings. The number of hydrogen-bond donors (Lipinski definition) is 3. The van der Waals surface area contributed by atoms with Crippen LogP contribution in [0.2, 0.25) is 0 Å². The van der Waals surface area contributed by atoms with Crippen LogP contribution in [0.25, 0.3) is 11.5 Å². The van der Waals surface area contributed by atoms with Gasteiger partial charge in [-0.1, -0.05) is 0 Å². The predicted octanol–water partition coefficient (Wildman–Crippen LogP) is 3.43. The van der Waals surface area contributed by atoms with Gasteiger partial charge in [0.25, 0.3) is 0 Å². The molecule has 14 heteroatoms. The number of piperidine rings is 1. The van der Waals surface area contributed by atoms with E-state index >= 15 is 0 Å². The largest absolute Gasteiger partial charge is 0.465 e. The van der Waals surface area contributed by atoms with Gasteiger partial charge in [-0.3, -0.25) is 4.79 Å². The van der Waals surface area contributed by atoms with Gasteiger partial charge in [0, 0.05) is 29.0 Å². The van der Waals surface area contributed by atoms with Crippen molar-refractivity contribution < 1.29 is 24.2 Å². The number of imidazole rings is 1. The number of aromatic nitrogens is 4. The quantitative estimate of drug-likeness (QED) is 0.365. The molecule has 38 heavy (non-hydrogen) atoms. The van der Waals surface area contributed by atoms with Crippen LogP contribution < -0.4 is 20.5 Å². The van der Waals surface area contributed by atoms with Crippen LogP contribution in [0.15, 0.2) is 33.0 Å². The number of likely N-dealkylation sites (tertiary alicyclic amines) is 1. The van der Waals surface area contributed by atoms with Gasteiger partial charge in [-0.15, -0.1) is 0 Å². The van der Waals surface area contributed by atoms with Crippen molar-refractivity contribution in [2.75, 3.05) is 25.6 Å². The molecule has 0 aromatic heterocycles.